The van der Waals surface area contributed by atoms with E-state index in [1.165, 1.54) is 5.56 Å². The number of benzene rings is 2. The molecule has 1 aliphatic heterocycles. The van der Waals surface area contributed by atoms with Crippen LogP contribution in [0.25, 0.3) is 0 Å². The second kappa shape index (κ2) is 8.39. The molecule has 0 aromatic heterocycles. The number of nitrogens with zero attached hydrogens (tertiary/aromatic N) is 1. The smallest absolute Gasteiger partial charge is 0.127 e. The predicted molar refractivity (Wildman–Crippen MR) is 93.4 cm³/mol. The number of rotatable bonds is 4. The topological polar surface area (TPSA) is 24.5 Å². The third-order valence-electron chi connectivity index (χ3n) is 3.56. The number of ether oxygens (including phenoxy) is 1. The maximum Gasteiger partial charge on any atom is 0.127 e. The van der Waals surface area contributed by atoms with Crippen LogP contribution in [0.1, 0.15) is 5.56 Å². The minimum absolute atomic E-state index is 0. The first kappa shape index (κ1) is 17.1. The summed E-state index contributed by atoms with van der Waals surface area (Å²) in [5.74, 6) is 1.67. The molecule has 1 N–H and O–H groups in total. The van der Waals surface area contributed by atoms with Gasteiger partial charge >= 0.3 is 0 Å². The highest BCUT2D eigenvalue weighted by Gasteiger charge is 2.10. The van der Waals surface area contributed by atoms with Crippen LogP contribution in [0.4, 0.5) is 0 Å². The first-order valence-corrected chi connectivity index (χ1v) is 7.63. The lowest BCUT2D eigenvalue weighted by molar-refractivity contribution is 0.233. The van der Waals surface area contributed by atoms with Gasteiger partial charge in [-0.05, 0) is 42.0 Å². The number of nitrogens with one attached hydrogen (secondary N) is 1. The van der Waals surface area contributed by atoms with E-state index in [0.29, 0.717) is 0 Å². The predicted octanol–water partition coefficient (Wildman–Crippen LogP) is 3.96. The van der Waals surface area contributed by atoms with Crippen LogP contribution in [0.5, 0.6) is 11.5 Å². The zero-order chi connectivity index (χ0) is 14.5. The second-order valence-electron chi connectivity index (χ2n) is 5.23. The summed E-state index contributed by atoms with van der Waals surface area (Å²) in [6.07, 6.45) is 0. The molecule has 0 atom stereocenters. The standard InChI is InChI=1S/C17H19ClN2O.ClH/c18-15-4-6-16(7-5-15)21-17-3-1-2-14(12-17)13-20-10-8-19-9-11-20;/h1-7,12,19H,8-11,13H2;1H. The van der Waals surface area contributed by atoms with Gasteiger partial charge in [-0.3, -0.25) is 4.90 Å². The Morgan fingerprint density at radius 2 is 1.73 bits per heavy atom. The summed E-state index contributed by atoms with van der Waals surface area (Å²) >= 11 is 5.88. The van der Waals surface area contributed by atoms with Crippen LogP contribution in [0.3, 0.4) is 0 Å². The van der Waals surface area contributed by atoms with Gasteiger partial charge in [0.05, 0.1) is 0 Å². The minimum Gasteiger partial charge on any atom is -0.457 e. The van der Waals surface area contributed by atoms with Gasteiger partial charge in [0.25, 0.3) is 0 Å². The van der Waals surface area contributed by atoms with Crippen molar-refractivity contribution < 1.29 is 4.74 Å². The number of piperazine rings is 1. The third-order valence-corrected chi connectivity index (χ3v) is 3.82. The van der Waals surface area contributed by atoms with Crippen molar-refractivity contribution in [2.45, 2.75) is 6.54 Å². The van der Waals surface area contributed by atoms with E-state index >= 15 is 0 Å². The Kier molecular flexibility index (Phi) is 6.52. The van der Waals surface area contributed by atoms with Crippen molar-refractivity contribution >= 4 is 24.0 Å². The fourth-order valence-electron chi connectivity index (χ4n) is 2.47. The van der Waals surface area contributed by atoms with Crippen LogP contribution in [0.15, 0.2) is 48.5 Å². The second-order valence-corrected chi connectivity index (χ2v) is 5.67. The third kappa shape index (κ3) is 4.89. The van der Waals surface area contributed by atoms with Crippen molar-refractivity contribution in [3.05, 3.63) is 59.1 Å². The molecule has 0 saturated carbocycles. The van der Waals surface area contributed by atoms with Gasteiger partial charge in [0.2, 0.25) is 0 Å². The van der Waals surface area contributed by atoms with Crippen LogP contribution < -0.4 is 10.1 Å². The molecule has 1 heterocycles. The Bertz CT molecular complexity index is 583. The van der Waals surface area contributed by atoms with E-state index in [9.17, 15) is 0 Å². The van der Waals surface area contributed by atoms with Crippen LogP contribution in [0, 0.1) is 0 Å². The van der Waals surface area contributed by atoms with E-state index in [1.807, 2.05) is 36.4 Å². The SMILES string of the molecule is Cl.Clc1ccc(Oc2cccc(CN3CCNCC3)c2)cc1. The summed E-state index contributed by atoms with van der Waals surface area (Å²) in [5.41, 5.74) is 1.28. The molecule has 5 heteroatoms. The zero-order valence-corrected chi connectivity index (χ0v) is 13.9. The molecule has 0 spiro atoms. The van der Waals surface area contributed by atoms with Gasteiger partial charge in [-0.1, -0.05) is 23.7 Å². The fraction of sp³-hybridized carbons (Fsp3) is 0.294. The minimum atomic E-state index is 0. The fourth-order valence-corrected chi connectivity index (χ4v) is 2.60. The van der Waals surface area contributed by atoms with Crippen LogP contribution in [-0.4, -0.2) is 31.1 Å². The Balaban J connectivity index is 0.00000176. The van der Waals surface area contributed by atoms with Gasteiger partial charge in [0.15, 0.2) is 0 Å². The van der Waals surface area contributed by atoms with Gasteiger partial charge in [-0.15, -0.1) is 12.4 Å². The zero-order valence-electron chi connectivity index (χ0n) is 12.3. The van der Waals surface area contributed by atoms with E-state index in [0.717, 1.165) is 49.2 Å². The molecule has 0 radical (unpaired) electrons. The average molecular weight is 339 g/mol. The van der Waals surface area contributed by atoms with Crippen molar-refractivity contribution in [3.8, 4) is 11.5 Å². The highest BCUT2D eigenvalue weighted by atomic mass is 35.5. The molecule has 2 aromatic rings. The van der Waals surface area contributed by atoms with Crippen molar-refractivity contribution in [2.75, 3.05) is 26.2 Å². The molecule has 1 fully saturated rings. The summed E-state index contributed by atoms with van der Waals surface area (Å²) in [6.45, 7) is 5.31. The summed E-state index contributed by atoms with van der Waals surface area (Å²) in [7, 11) is 0. The quantitative estimate of drug-likeness (QED) is 0.913. The Labute approximate surface area is 142 Å². The number of halogens is 2. The molecular weight excluding hydrogens is 319 g/mol. The Hall–Kier alpha value is -1.26. The van der Waals surface area contributed by atoms with Crippen LogP contribution >= 0.6 is 24.0 Å². The normalized spacial score (nSPS) is 15.1. The maximum atomic E-state index is 5.88. The molecule has 3 nitrogen and oxygen atoms in total. The average Bonchev–Trinajstić information content (AvgIpc) is 2.51. The Morgan fingerprint density at radius 1 is 1.00 bits per heavy atom. The highest BCUT2D eigenvalue weighted by molar-refractivity contribution is 6.30. The summed E-state index contributed by atoms with van der Waals surface area (Å²) in [4.78, 5) is 2.46. The highest BCUT2D eigenvalue weighted by Crippen LogP contribution is 2.24. The molecule has 0 bridgehead atoms. The van der Waals surface area contributed by atoms with Crippen LogP contribution in [-0.2, 0) is 6.54 Å². The maximum absolute atomic E-state index is 5.88. The molecule has 1 saturated heterocycles. The lowest BCUT2D eigenvalue weighted by Crippen LogP contribution is -2.42. The van der Waals surface area contributed by atoms with Gasteiger partial charge in [-0.25, -0.2) is 0 Å². The number of hydrogen-bond acceptors (Lipinski definition) is 3. The first-order valence-electron chi connectivity index (χ1n) is 7.25. The molecular formula is C17H20Cl2N2O. The number of hydrogen-bond donors (Lipinski definition) is 1. The van der Waals surface area contributed by atoms with Gasteiger partial charge in [0, 0.05) is 37.7 Å². The molecule has 2 aromatic carbocycles. The van der Waals surface area contributed by atoms with E-state index < -0.39 is 0 Å². The lowest BCUT2D eigenvalue weighted by atomic mass is 10.2. The van der Waals surface area contributed by atoms with Crippen molar-refractivity contribution in [1.82, 2.24) is 10.2 Å². The Morgan fingerprint density at radius 3 is 2.45 bits per heavy atom. The largest absolute Gasteiger partial charge is 0.457 e. The lowest BCUT2D eigenvalue weighted by Gasteiger charge is -2.27. The first-order chi connectivity index (χ1) is 10.3. The summed E-state index contributed by atoms with van der Waals surface area (Å²) < 4.78 is 5.87. The molecule has 3 rings (SSSR count). The van der Waals surface area contributed by atoms with E-state index in [1.54, 1.807) is 0 Å². The molecule has 0 unspecified atom stereocenters. The summed E-state index contributed by atoms with van der Waals surface area (Å²) in [5, 5.41) is 4.09. The van der Waals surface area contributed by atoms with Crippen molar-refractivity contribution in [3.63, 3.8) is 0 Å². The van der Waals surface area contributed by atoms with Gasteiger partial charge in [-0.2, -0.15) is 0 Å². The van der Waals surface area contributed by atoms with E-state index in [2.05, 4.69) is 22.3 Å². The molecule has 118 valence electrons. The van der Waals surface area contributed by atoms with Crippen LogP contribution in [0.2, 0.25) is 5.02 Å². The van der Waals surface area contributed by atoms with E-state index in [-0.39, 0.29) is 12.4 Å². The van der Waals surface area contributed by atoms with E-state index in [4.69, 9.17) is 16.3 Å². The van der Waals surface area contributed by atoms with Crippen molar-refractivity contribution in [2.24, 2.45) is 0 Å². The molecule has 0 aliphatic carbocycles. The molecule has 22 heavy (non-hydrogen) atoms. The summed E-state index contributed by atoms with van der Waals surface area (Å²) in [6, 6.07) is 15.7. The molecule has 0 amide bonds. The van der Waals surface area contributed by atoms with Crippen molar-refractivity contribution in [1.29, 1.82) is 0 Å². The van der Waals surface area contributed by atoms with Gasteiger partial charge in [0.1, 0.15) is 11.5 Å². The monoisotopic (exact) mass is 338 g/mol. The molecule has 1 aliphatic rings. The van der Waals surface area contributed by atoms with Gasteiger partial charge < -0.3 is 10.1 Å².